The van der Waals surface area contributed by atoms with E-state index in [-0.39, 0.29) is 11.3 Å². The zero-order valence-corrected chi connectivity index (χ0v) is 13.7. The number of aliphatic carboxylic acids is 1. The van der Waals surface area contributed by atoms with Crippen molar-refractivity contribution in [3.8, 4) is 5.75 Å². The average molecular weight is 367 g/mol. The predicted molar refractivity (Wildman–Crippen MR) is 83.2 cm³/mol. The van der Waals surface area contributed by atoms with Gasteiger partial charge < -0.3 is 9.84 Å². The molecule has 8 heteroatoms. The van der Waals surface area contributed by atoms with Gasteiger partial charge in [-0.3, -0.25) is 0 Å². The number of carboxylic acid groups (broad SMARTS) is 1. The van der Waals surface area contributed by atoms with Crippen molar-refractivity contribution in [2.75, 3.05) is 5.75 Å². The number of rotatable bonds is 5. The molecule has 1 aliphatic rings. The van der Waals surface area contributed by atoms with E-state index in [2.05, 4.69) is 0 Å². The van der Waals surface area contributed by atoms with E-state index in [0.717, 1.165) is 24.7 Å². The van der Waals surface area contributed by atoms with Crippen molar-refractivity contribution in [3.63, 3.8) is 0 Å². The zero-order chi connectivity index (χ0) is 17.2. The summed E-state index contributed by atoms with van der Waals surface area (Å²) < 4.78 is 44.0. The Morgan fingerprint density at radius 2 is 2.13 bits per heavy atom. The minimum atomic E-state index is -4.81. The van der Waals surface area contributed by atoms with Crippen LogP contribution < -0.4 is 4.74 Å². The Labute approximate surface area is 140 Å². The normalized spacial score (nSPS) is 17.3. The molecule has 0 saturated carbocycles. The van der Waals surface area contributed by atoms with Crippen LogP contribution in [-0.2, 0) is 4.79 Å². The SMILES string of the molecule is CCCCSc1cc2c(cc1Cl)C=C(C(=O)O)C(C(F)(F)F)O2. The summed E-state index contributed by atoms with van der Waals surface area (Å²) in [4.78, 5) is 11.7. The van der Waals surface area contributed by atoms with Crippen LogP contribution in [0.15, 0.2) is 22.6 Å². The summed E-state index contributed by atoms with van der Waals surface area (Å²) in [6.07, 6.45) is -4.38. The van der Waals surface area contributed by atoms with Gasteiger partial charge in [0, 0.05) is 10.5 Å². The first-order chi connectivity index (χ1) is 10.7. The van der Waals surface area contributed by atoms with Gasteiger partial charge in [0.2, 0.25) is 6.10 Å². The summed E-state index contributed by atoms with van der Waals surface area (Å²) in [5.41, 5.74) is -0.625. The van der Waals surface area contributed by atoms with Crippen molar-refractivity contribution < 1.29 is 27.8 Å². The van der Waals surface area contributed by atoms with E-state index in [1.165, 1.54) is 23.9 Å². The number of ether oxygens (including phenoxy) is 1. The van der Waals surface area contributed by atoms with Crippen LogP contribution in [0.1, 0.15) is 25.3 Å². The molecule has 0 bridgehead atoms. The van der Waals surface area contributed by atoms with Gasteiger partial charge in [0.15, 0.2) is 0 Å². The van der Waals surface area contributed by atoms with Crippen LogP contribution in [0.3, 0.4) is 0 Å². The van der Waals surface area contributed by atoms with E-state index in [1.54, 1.807) is 0 Å². The number of thioether (sulfide) groups is 1. The first-order valence-corrected chi connectivity index (χ1v) is 8.25. The number of carbonyl (C=O) groups is 1. The summed E-state index contributed by atoms with van der Waals surface area (Å²) in [6.45, 7) is 2.03. The molecule has 1 aromatic rings. The maximum atomic E-state index is 13.0. The Bertz CT molecular complexity index is 644. The van der Waals surface area contributed by atoms with E-state index in [9.17, 15) is 18.0 Å². The molecule has 2 rings (SSSR count). The third-order valence-electron chi connectivity index (χ3n) is 3.20. The third kappa shape index (κ3) is 4.14. The van der Waals surface area contributed by atoms with Gasteiger partial charge in [0.1, 0.15) is 5.75 Å². The monoisotopic (exact) mass is 366 g/mol. The van der Waals surface area contributed by atoms with Crippen molar-refractivity contribution in [2.24, 2.45) is 0 Å². The van der Waals surface area contributed by atoms with Crippen molar-refractivity contribution in [1.82, 2.24) is 0 Å². The van der Waals surface area contributed by atoms with Crippen LogP contribution in [0.5, 0.6) is 5.75 Å². The maximum absolute atomic E-state index is 13.0. The van der Waals surface area contributed by atoms with Gasteiger partial charge in [-0.1, -0.05) is 24.9 Å². The molecule has 0 fully saturated rings. The van der Waals surface area contributed by atoms with Gasteiger partial charge in [0.25, 0.3) is 0 Å². The topological polar surface area (TPSA) is 46.5 Å². The van der Waals surface area contributed by atoms with Crippen LogP contribution >= 0.6 is 23.4 Å². The smallest absolute Gasteiger partial charge is 0.430 e. The fraction of sp³-hybridized carbons (Fsp3) is 0.400. The van der Waals surface area contributed by atoms with E-state index < -0.39 is 23.8 Å². The highest BCUT2D eigenvalue weighted by atomic mass is 35.5. The van der Waals surface area contributed by atoms with E-state index in [0.29, 0.717) is 9.92 Å². The summed E-state index contributed by atoms with van der Waals surface area (Å²) in [6, 6.07) is 2.87. The summed E-state index contributed by atoms with van der Waals surface area (Å²) >= 11 is 7.55. The molecule has 0 amide bonds. The molecule has 1 heterocycles. The van der Waals surface area contributed by atoms with Crippen molar-refractivity contribution in [2.45, 2.75) is 36.9 Å². The second kappa shape index (κ2) is 7.05. The maximum Gasteiger partial charge on any atom is 0.430 e. The second-order valence-corrected chi connectivity index (χ2v) is 6.51. The van der Waals surface area contributed by atoms with Gasteiger partial charge in [-0.15, -0.1) is 11.8 Å². The van der Waals surface area contributed by atoms with E-state index >= 15 is 0 Å². The molecular formula is C15H14ClF3O3S. The molecular weight excluding hydrogens is 353 g/mol. The summed E-state index contributed by atoms with van der Waals surface area (Å²) in [5.74, 6) is -0.898. The van der Waals surface area contributed by atoms with Gasteiger partial charge in [-0.2, -0.15) is 13.2 Å². The average Bonchev–Trinajstić information content (AvgIpc) is 2.45. The fourth-order valence-electron chi connectivity index (χ4n) is 2.05. The largest absolute Gasteiger partial charge is 0.478 e. The van der Waals surface area contributed by atoms with Gasteiger partial charge >= 0.3 is 12.1 Å². The number of halogens is 4. The molecule has 0 radical (unpaired) electrons. The number of carboxylic acids is 1. The van der Waals surface area contributed by atoms with Crippen molar-refractivity contribution in [3.05, 3.63) is 28.3 Å². The highest BCUT2D eigenvalue weighted by Crippen LogP contribution is 2.41. The summed E-state index contributed by atoms with van der Waals surface area (Å²) in [7, 11) is 0. The number of fused-ring (bicyclic) bond motifs is 1. The Kier molecular flexibility index (Phi) is 5.52. The minimum absolute atomic E-state index is 0.0132. The lowest BCUT2D eigenvalue weighted by Gasteiger charge is -2.27. The van der Waals surface area contributed by atoms with Gasteiger partial charge in [0.05, 0.1) is 10.6 Å². The molecule has 23 heavy (non-hydrogen) atoms. The summed E-state index contributed by atoms with van der Waals surface area (Å²) in [5, 5.41) is 9.34. The van der Waals surface area contributed by atoms with Gasteiger partial charge in [-0.25, -0.2) is 4.79 Å². The molecule has 126 valence electrons. The lowest BCUT2D eigenvalue weighted by atomic mass is 10.0. The number of hydrogen-bond acceptors (Lipinski definition) is 3. The Balaban J connectivity index is 2.39. The Morgan fingerprint density at radius 3 is 2.70 bits per heavy atom. The lowest BCUT2D eigenvalue weighted by Crippen LogP contribution is -2.40. The quantitative estimate of drug-likeness (QED) is 0.587. The number of alkyl halides is 3. The standard InChI is InChI=1S/C15H14ClF3O3S/c1-2-3-4-23-12-7-11-8(6-10(12)16)5-9(14(20)21)13(22-11)15(17,18)19/h5-7,13H,2-4H2,1H3,(H,20,21). The number of unbranched alkanes of at least 4 members (excludes halogenated alkanes) is 1. The molecule has 1 N–H and O–H groups in total. The first kappa shape index (κ1) is 18.0. The highest BCUT2D eigenvalue weighted by Gasteiger charge is 2.48. The second-order valence-electron chi connectivity index (χ2n) is 4.97. The molecule has 1 aliphatic heterocycles. The minimum Gasteiger partial charge on any atom is -0.478 e. The Hall–Kier alpha value is -1.34. The number of hydrogen-bond donors (Lipinski definition) is 1. The van der Waals surface area contributed by atoms with E-state index in [1.807, 2.05) is 6.92 Å². The highest BCUT2D eigenvalue weighted by molar-refractivity contribution is 7.99. The van der Waals surface area contributed by atoms with Crippen LogP contribution in [-0.4, -0.2) is 29.1 Å². The zero-order valence-electron chi connectivity index (χ0n) is 12.1. The molecule has 0 spiro atoms. The molecule has 0 aromatic heterocycles. The number of benzene rings is 1. The third-order valence-corrected chi connectivity index (χ3v) is 4.77. The van der Waals surface area contributed by atoms with Crippen LogP contribution in [0.25, 0.3) is 6.08 Å². The Morgan fingerprint density at radius 1 is 1.43 bits per heavy atom. The van der Waals surface area contributed by atoms with Crippen LogP contribution in [0.2, 0.25) is 5.02 Å². The molecule has 1 atom stereocenters. The molecule has 3 nitrogen and oxygen atoms in total. The fourth-order valence-corrected chi connectivity index (χ4v) is 3.43. The molecule has 0 aliphatic carbocycles. The van der Waals surface area contributed by atoms with E-state index in [4.69, 9.17) is 21.4 Å². The molecule has 1 unspecified atom stereocenters. The van der Waals surface area contributed by atoms with Crippen molar-refractivity contribution >= 4 is 35.4 Å². The van der Waals surface area contributed by atoms with Crippen LogP contribution in [0.4, 0.5) is 13.2 Å². The predicted octanol–water partition coefficient (Wildman–Crippen LogP) is 5.02. The van der Waals surface area contributed by atoms with Gasteiger partial charge in [-0.05, 0) is 30.4 Å². The van der Waals surface area contributed by atoms with Crippen molar-refractivity contribution in [1.29, 1.82) is 0 Å². The molecule has 0 saturated heterocycles. The lowest BCUT2D eigenvalue weighted by molar-refractivity contribution is -0.187. The van der Waals surface area contributed by atoms with Crippen LogP contribution in [0, 0.1) is 0 Å². The molecule has 1 aromatic carbocycles. The first-order valence-electron chi connectivity index (χ1n) is 6.88.